The fourth-order valence-electron chi connectivity index (χ4n) is 3.62. The Balaban J connectivity index is 1.45. The van der Waals surface area contributed by atoms with Crippen LogP contribution in [0, 0.1) is 5.92 Å². The molecule has 7 nitrogen and oxygen atoms in total. The third-order valence-electron chi connectivity index (χ3n) is 5.79. The standard InChI is InChI=1S/C24H30BrN7/c1-16(18-7-8-18)13-22(26)29-23-21(25)15-27-24(30-23)28-20-6-4-5-19(14-20)17(2)32-11-9-31(3)10-12-32/h4-6,13-15,18H,1-2,7-12,26H2,3H3,(H2,27,28,29,30)/b22-13+. The van der Waals surface area contributed by atoms with Crippen LogP contribution in [0.25, 0.3) is 5.70 Å². The average molecular weight is 496 g/mol. The van der Waals surface area contributed by atoms with Crippen molar-refractivity contribution in [3.63, 3.8) is 0 Å². The van der Waals surface area contributed by atoms with Gasteiger partial charge in [0.25, 0.3) is 0 Å². The summed E-state index contributed by atoms with van der Waals surface area (Å²) in [6, 6.07) is 8.17. The summed E-state index contributed by atoms with van der Waals surface area (Å²) in [4.78, 5) is 13.6. The van der Waals surface area contributed by atoms with Crippen LogP contribution in [0.4, 0.5) is 17.5 Å². The van der Waals surface area contributed by atoms with Gasteiger partial charge >= 0.3 is 0 Å². The summed E-state index contributed by atoms with van der Waals surface area (Å²) < 4.78 is 0.730. The van der Waals surface area contributed by atoms with Crippen LogP contribution in [0.2, 0.25) is 0 Å². The number of anilines is 3. The molecule has 2 aliphatic rings. The molecular weight excluding hydrogens is 466 g/mol. The topological polar surface area (TPSA) is 82.3 Å². The molecule has 0 atom stereocenters. The summed E-state index contributed by atoms with van der Waals surface area (Å²) in [6.07, 6.45) is 5.96. The number of halogens is 1. The highest BCUT2D eigenvalue weighted by molar-refractivity contribution is 9.10. The van der Waals surface area contributed by atoms with Crippen molar-refractivity contribution in [3.8, 4) is 0 Å². The summed E-state index contributed by atoms with van der Waals surface area (Å²) >= 11 is 3.49. The largest absolute Gasteiger partial charge is 0.385 e. The van der Waals surface area contributed by atoms with Crippen LogP contribution >= 0.6 is 15.9 Å². The zero-order valence-electron chi connectivity index (χ0n) is 18.4. The van der Waals surface area contributed by atoms with E-state index in [1.807, 2.05) is 18.2 Å². The molecule has 32 heavy (non-hydrogen) atoms. The Morgan fingerprint density at radius 2 is 1.97 bits per heavy atom. The molecule has 0 spiro atoms. The Bertz CT molecular complexity index is 1040. The number of aromatic nitrogens is 2. The van der Waals surface area contributed by atoms with E-state index in [0.29, 0.717) is 23.5 Å². The van der Waals surface area contributed by atoms with E-state index in [-0.39, 0.29) is 0 Å². The number of nitrogens with zero attached hydrogens (tertiary/aromatic N) is 4. The fourth-order valence-corrected chi connectivity index (χ4v) is 3.91. The van der Waals surface area contributed by atoms with E-state index >= 15 is 0 Å². The second-order valence-corrected chi connectivity index (χ2v) is 9.26. The van der Waals surface area contributed by atoms with Crippen LogP contribution in [0.1, 0.15) is 18.4 Å². The number of allylic oxidation sites excluding steroid dienone is 2. The number of rotatable bonds is 8. The molecule has 2 fully saturated rings. The van der Waals surface area contributed by atoms with Gasteiger partial charge in [0.05, 0.1) is 4.47 Å². The maximum Gasteiger partial charge on any atom is 0.229 e. The van der Waals surface area contributed by atoms with Gasteiger partial charge in [0.15, 0.2) is 5.82 Å². The predicted octanol–water partition coefficient (Wildman–Crippen LogP) is 4.38. The van der Waals surface area contributed by atoms with Crippen molar-refractivity contribution in [1.29, 1.82) is 0 Å². The lowest BCUT2D eigenvalue weighted by atomic mass is 10.1. The maximum absolute atomic E-state index is 6.15. The molecule has 4 N–H and O–H groups in total. The highest BCUT2D eigenvalue weighted by Crippen LogP contribution is 2.36. The Kier molecular flexibility index (Phi) is 6.81. The van der Waals surface area contributed by atoms with Crippen molar-refractivity contribution >= 4 is 39.1 Å². The summed E-state index contributed by atoms with van der Waals surface area (Å²) in [7, 11) is 2.15. The van der Waals surface area contributed by atoms with Crippen molar-refractivity contribution in [2.75, 3.05) is 43.9 Å². The normalized spacial score (nSPS) is 17.2. The predicted molar refractivity (Wildman–Crippen MR) is 135 cm³/mol. The molecule has 1 aromatic carbocycles. The number of nitrogens with two attached hydrogens (primary N) is 1. The van der Waals surface area contributed by atoms with Gasteiger partial charge in [0.1, 0.15) is 5.82 Å². The molecule has 0 radical (unpaired) electrons. The quantitative estimate of drug-likeness (QED) is 0.468. The minimum Gasteiger partial charge on any atom is -0.385 e. The number of benzene rings is 1. The highest BCUT2D eigenvalue weighted by Gasteiger charge is 2.23. The van der Waals surface area contributed by atoms with Crippen LogP contribution in [0.15, 0.2) is 65.6 Å². The first-order valence-electron chi connectivity index (χ1n) is 10.8. The molecule has 0 unspecified atom stereocenters. The first-order valence-corrected chi connectivity index (χ1v) is 11.6. The number of likely N-dealkylation sites (N-methyl/N-ethyl adjacent to an activating group) is 1. The number of hydrogen-bond donors (Lipinski definition) is 3. The van der Waals surface area contributed by atoms with Crippen LogP contribution in [-0.4, -0.2) is 53.0 Å². The van der Waals surface area contributed by atoms with E-state index in [0.717, 1.165) is 53.2 Å². The van der Waals surface area contributed by atoms with Gasteiger partial charge in [-0.2, -0.15) is 4.98 Å². The van der Waals surface area contributed by atoms with E-state index in [4.69, 9.17) is 5.73 Å². The molecule has 2 aromatic rings. The van der Waals surface area contributed by atoms with Gasteiger partial charge in [-0.3, -0.25) is 0 Å². The van der Waals surface area contributed by atoms with Crippen molar-refractivity contribution < 1.29 is 0 Å². The van der Waals surface area contributed by atoms with Gasteiger partial charge in [0.2, 0.25) is 5.95 Å². The number of nitrogens with one attached hydrogen (secondary N) is 2. The molecule has 0 amide bonds. The van der Waals surface area contributed by atoms with Gasteiger partial charge in [0, 0.05) is 43.8 Å². The van der Waals surface area contributed by atoms with Gasteiger partial charge in [-0.1, -0.05) is 25.3 Å². The van der Waals surface area contributed by atoms with Gasteiger partial charge < -0.3 is 26.2 Å². The van der Waals surface area contributed by atoms with Crippen molar-refractivity contribution in [3.05, 3.63) is 71.1 Å². The molecule has 1 aliphatic carbocycles. The third-order valence-corrected chi connectivity index (χ3v) is 6.37. The number of hydrogen-bond acceptors (Lipinski definition) is 7. The van der Waals surface area contributed by atoms with Crippen molar-refractivity contribution in [1.82, 2.24) is 19.8 Å². The van der Waals surface area contributed by atoms with E-state index in [9.17, 15) is 0 Å². The van der Waals surface area contributed by atoms with E-state index in [1.165, 1.54) is 12.8 Å². The minimum atomic E-state index is 0.479. The molecule has 1 aromatic heterocycles. The fraction of sp³-hybridized carbons (Fsp3) is 0.333. The molecule has 168 valence electrons. The average Bonchev–Trinajstić information content (AvgIpc) is 3.62. The van der Waals surface area contributed by atoms with Gasteiger partial charge in [-0.25, -0.2) is 4.98 Å². The molecule has 1 saturated heterocycles. The first kappa shape index (κ1) is 22.4. The second-order valence-electron chi connectivity index (χ2n) is 8.41. The van der Waals surface area contributed by atoms with Gasteiger partial charge in [-0.15, -0.1) is 0 Å². The summed E-state index contributed by atoms with van der Waals surface area (Å²) in [5.74, 6) is 2.15. The van der Waals surface area contributed by atoms with Crippen molar-refractivity contribution in [2.45, 2.75) is 12.8 Å². The Morgan fingerprint density at radius 3 is 2.69 bits per heavy atom. The first-order chi connectivity index (χ1) is 15.4. The Hall–Kier alpha value is -2.84. The van der Waals surface area contributed by atoms with Crippen LogP contribution in [-0.2, 0) is 0 Å². The van der Waals surface area contributed by atoms with Crippen LogP contribution in [0.5, 0.6) is 0 Å². The third kappa shape index (κ3) is 5.69. The van der Waals surface area contributed by atoms with Gasteiger partial charge in [-0.05, 0) is 71.1 Å². The SMILES string of the molecule is C=C(/C=C(\N)Nc1nc(Nc2cccc(C(=C)N3CCN(C)CC3)c2)ncc1Br)C1CC1. The summed E-state index contributed by atoms with van der Waals surface area (Å²) in [6.45, 7) is 12.5. The number of piperazine rings is 1. The lowest BCUT2D eigenvalue weighted by molar-refractivity contribution is 0.207. The lowest BCUT2D eigenvalue weighted by Crippen LogP contribution is -2.43. The zero-order chi connectivity index (χ0) is 22.7. The Morgan fingerprint density at radius 1 is 1.22 bits per heavy atom. The molecule has 2 heterocycles. The smallest absolute Gasteiger partial charge is 0.229 e. The van der Waals surface area contributed by atoms with Crippen molar-refractivity contribution in [2.24, 2.45) is 11.7 Å². The molecule has 0 bridgehead atoms. The molecule has 8 heteroatoms. The highest BCUT2D eigenvalue weighted by atomic mass is 79.9. The minimum absolute atomic E-state index is 0.479. The lowest BCUT2D eigenvalue weighted by Gasteiger charge is -2.35. The Labute approximate surface area is 198 Å². The van der Waals surface area contributed by atoms with E-state index in [1.54, 1.807) is 6.20 Å². The zero-order valence-corrected chi connectivity index (χ0v) is 20.0. The maximum atomic E-state index is 6.15. The monoisotopic (exact) mass is 495 g/mol. The van der Waals surface area contributed by atoms with Crippen LogP contribution < -0.4 is 16.4 Å². The van der Waals surface area contributed by atoms with E-state index in [2.05, 4.69) is 78.7 Å². The molecular formula is C24H30BrN7. The second kappa shape index (κ2) is 9.75. The van der Waals surface area contributed by atoms with E-state index < -0.39 is 0 Å². The molecule has 4 rings (SSSR count). The molecule has 1 aliphatic heterocycles. The summed E-state index contributed by atoms with van der Waals surface area (Å²) in [5.41, 5.74) is 10.2. The molecule has 1 saturated carbocycles. The van der Waals surface area contributed by atoms with Crippen LogP contribution in [0.3, 0.4) is 0 Å². The summed E-state index contributed by atoms with van der Waals surface area (Å²) in [5, 5.41) is 6.43.